The molecule has 62 heavy (non-hydrogen) atoms. The monoisotopic (exact) mass is 899 g/mol. The standard InChI is InChI=1S/C52H100NO8P/c1-6-8-10-12-14-16-18-20-22-24-25-26-27-29-31-33-35-37-39-41-43-45-52(55)61-50(49-60-62(56,57)59-47-46-53(3,4)5)48-58-51(54)44-42-40-38-36-34-32-30-28-23-21-19-17-15-13-11-9-7-2/h15,17,21,23,50H,6-14,16,18-20,22,24-49H2,1-5H3/p+1/b17-15+,23-21+/t50-/m1/s1. The fourth-order valence-corrected chi connectivity index (χ4v) is 8.14. The van der Waals surface area contributed by atoms with Gasteiger partial charge < -0.3 is 18.9 Å². The molecule has 0 amide bonds. The molecule has 0 radical (unpaired) electrons. The van der Waals surface area contributed by atoms with Crippen LogP contribution in [0, 0.1) is 0 Å². The fourth-order valence-electron chi connectivity index (χ4n) is 7.40. The molecule has 366 valence electrons. The third kappa shape index (κ3) is 48.0. The van der Waals surface area contributed by atoms with Crippen molar-refractivity contribution < 1.29 is 42.1 Å². The molecule has 0 spiro atoms. The van der Waals surface area contributed by atoms with Crippen molar-refractivity contribution in [2.45, 2.75) is 251 Å². The van der Waals surface area contributed by atoms with Crippen molar-refractivity contribution in [1.29, 1.82) is 0 Å². The minimum absolute atomic E-state index is 0.0326. The van der Waals surface area contributed by atoms with E-state index < -0.39 is 26.5 Å². The number of carbonyl (C=O) groups excluding carboxylic acids is 2. The highest BCUT2D eigenvalue weighted by Crippen LogP contribution is 2.43. The number of unbranched alkanes of at least 4 members (excludes halogenated alkanes) is 30. The second-order valence-electron chi connectivity index (χ2n) is 18.9. The van der Waals surface area contributed by atoms with E-state index in [1.165, 1.54) is 161 Å². The lowest BCUT2D eigenvalue weighted by molar-refractivity contribution is -0.870. The smallest absolute Gasteiger partial charge is 0.462 e. The molecule has 0 heterocycles. The Morgan fingerprint density at radius 3 is 1.31 bits per heavy atom. The molecular formula is C52H101NO8P+. The van der Waals surface area contributed by atoms with Crippen LogP contribution in [-0.2, 0) is 32.7 Å². The van der Waals surface area contributed by atoms with Gasteiger partial charge in [0.2, 0.25) is 0 Å². The van der Waals surface area contributed by atoms with Crippen molar-refractivity contribution in [2.24, 2.45) is 0 Å². The SMILES string of the molecule is CCCCC/C=C/C/C=C/CCCCCCCCCC(=O)OC[C@H](COP(=O)(O)OCC[N+](C)(C)C)OC(=O)CCCCCCCCCCCCCCCCCCCCCCC. The van der Waals surface area contributed by atoms with E-state index in [1.807, 2.05) is 21.1 Å². The zero-order chi connectivity index (χ0) is 45.7. The molecule has 1 N–H and O–H groups in total. The van der Waals surface area contributed by atoms with Crippen LogP contribution in [0.25, 0.3) is 0 Å². The summed E-state index contributed by atoms with van der Waals surface area (Å²) < 4.78 is 34.5. The van der Waals surface area contributed by atoms with Crippen LogP contribution in [0.5, 0.6) is 0 Å². The van der Waals surface area contributed by atoms with E-state index in [0.717, 1.165) is 51.4 Å². The molecule has 0 saturated heterocycles. The Morgan fingerprint density at radius 1 is 0.500 bits per heavy atom. The number of phosphoric ester groups is 1. The van der Waals surface area contributed by atoms with Crippen molar-refractivity contribution in [3.8, 4) is 0 Å². The molecule has 10 heteroatoms. The molecule has 1 unspecified atom stereocenters. The molecule has 0 bridgehead atoms. The summed E-state index contributed by atoms with van der Waals surface area (Å²) in [7, 11) is 1.48. The van der Waals surface area contributed by atoms with Gasteiger partial charge in [0.15, 0.2) is 6.10 Å². The molecular weight excluding hydrogens is 798 g/mol. The molecule has 0 aromatic carbocycles. The molecule has 0 aliphatic carbocycles. The molecule has 0 aromatic rings. The number of ether oxygens (including phenoxy) is 2. The number of hydrogen-bond acceptors (Lipinski definition) is 7. The average molecular weight is 899 g/mol. The number of esters is 2. The van der Waals surface area contributed by atoms with Gasteiger partial charge in [0.1, 0.15) is 19.8 Å². The van der Waals surface area contributed by atoms with Gasteiger partial charge in [0.25, 0.3) is 0 Å². The summed E-state index contributed by atoms with van der Waals surface area (Å²) in [4.78, 5) is 35.5. The van der Waals surface area contributed by atoms with Crippen molar-refractivity contribution in [3.05, 3.63) is 24.3 Å². The Hall–Kier alpha value is -1.51. The predicted molar refractivity (Wildman–Crippen MR) is 261 cm³/mol. The van der Waals surface area contributed by atoms with E-state index in [9.17, 15) is 19.0 Å². The Labute approximate surface area is 383 Å². The molecule has 9 nitrogen and oxygen atoms in total. The molecule has 0 aliphatic heterocycles. The highest BCUT2D eigenvalue weighted by atomic mass is 31.2. The first-order valence-corrected chi connectivity index (χ1v) is 27.6. The lowest BCUT2D eigenvalue weighted by Crippen LogP contribution is -2.37. The minimum Gasteiger partial charge on any atom is -0.462 e. The second-order valence-corrected chi connectivity index (χ2v) is 20.4. The highest BCUT2D eigenvalue weighted by molar-refractivity contribution is 7.47. The first-order chi connectivity index (χ1) is 30.0. The normalized spacial score (nSPS) is 13.6. The third-order valence-electron chi connectivity index (χ3n) is 11.5. The maximum absolute atomic E-state index is 12.8. The Bertz CT molecular complexity index is 1110. The first-order valence-electron chi connectivity index (χ1n) is 26.1. The number of hydrogen-bond donors (Lipinski definition) is 1. The summed E-state index contributed by atoms with van der Waals surface area (Å²) in [5, 5.41) is 0. The van der Waals surface area contributed by atoms with Crippen LogP contribution in [0.2, 0.25) is 0 Å². The summed E-state index contributed by atoms with van der Waals surface area (Å²) in [6, 6.07) is 0. The Balaban J connectivity index is 4.22. The number of allylic oxidation sites excluding steroid dienone is 4. The molecule has 0 saturated carbocycles. The van der Waals surface area contributed by atoms with E-state index in [0.29, 0.717) is 17.4 Å². The van der Waals surface area contributed by atoms with Crippen molar-refractivity contribution in [1.82, 2.24) is 0 Å². The number of phosphoric acid groups is 1. The van der Waals surface area contributed by atoms with Gasteiger partial charge in [0.05, 0.1) is 27.7 Å². The van der Waals surface area contributed by atoms with Gasteiger partial charge in [-0.3, -0.25) is 18.6 Å². The van der Waals surface area contributed by atoms with Crippen molar-refractivity contribution in [3.63, 3.8) is 0 Å². The number of quaternary nitrogens is 1. The summed E-state index contributed by atoms with van der Waals surface area (Å²) in [5.41, 5.74) is 0. The maximum Gasteiger partial charge on any atom is 0.472 e. The fraction of sp³-hybridized carbons (Fsp3) is 0.885. The molecule has 0 fully saturated rings. The quantitative estimate of drug-likeness (QED) is 0.0211. The summed E-state index contributed by atoms with van der Waals surface area (Å²) in [6.45, 7) is 4.43. The number of rotatable bonds is 48. The minimum atomic E-state index is -4.38. The van der Waals surface area contributed by atoms with Gasteiger partial charge in [-0.25, -0.2) is 4.57 Å². The van der Waals surface area contributed by atoms with E-state index in [-0.39, 0.29) is 32.0 Å². The zero-order valence-corrected chi connectivity index (χ0v) is 42.3. The Kier molecular flexibility index (Phi) is 43.6. The van der Waals surface area contributed by atoms with Gasteiger partial charge in [-0.05, 0) is 44.9 Å². The molecule has 0 aliphatic rings. The average Bonchev–Trinajstić information content (AvgIpc) is 3.23. The van der Waals surface area contributed by atoms with E-state index >= 15 is 0 Å². The first kappa shape index (κ1) is 60.5. The van der Waals surface area contributed by atoms with Gasteiger partial charge in [-0.1, -0.05) is 212 Å². The van der Waals surface area contributed by atoms with Crippen LogP contribution < -0.4 is 0 Å². The van der Waals surface area contributed by atoms with Crippen LogP contribution in [0.15, 0.2) is 24.3 Å². The molecule has 0 aromatic heterocycles. The van der Waals surface area contributed by atoms with E-state index in [1.54, 1.807) is 0 Å². The van der Waals surface area contributed by atoms with Crippen LogP contribution in [0.4, 0.5) is 0 Å². The van der Waals surface area contributed by atoms with Crippen LogP contribution in [0.1, 0.15) is 245 Å². The van der Waals surface area contributed by atoms with E-state index in [2.05, 4.69) is 38.2 Å². The highest BCUT2D eigenvalue weighted by Gasteiger charge is 2.27. The van der Waals surface area contributed by atoms with Gasteiger partial charge >= 0.3 is 19.8 Å². The van der Waals surface area contributed by atoms with Crippen LogP contribution in [0.3, 0.4) is 0 Å². The van der Waals surface area contributed by atoms with Gasteiger partial charge in [-0.15, -0.1) is 0 Å². The second kappa shape index (κ2) is 44.7. The van der Waals surface area contributed by atoms with Crippen molar-refractivity contribution >= 4 is 19.8 Å². The summed E-state index contributed by atoms with van der Waals surface area (Å²) in [5.74, 6) is -0.795. The van der Waals surface area contributed by atoms with E-state index in [4.69, 9.17) is 18.5 Å². The number of likely N-dealkylation sites (N-methyl/N-ethyl adjacent to an activating group) is 1. The van der Waals surface area contributed by atoms with Crippen LogP contribution >= 0.6 is 7.82 Å². The third-order valence-corrected chi connectivity index (χ3v) is 12.5. The van der Waals surface area contributed by atoms with Gasteiger partial charge in [-0.2, -0.15) is 0 Å². The maximum atomic E-state index is 12.8. The topological polar surface area (TPSA) is 108 Å². The predicted octanol–water partition coefficient (Wildman–Crippen LogP) is 15.5. The zero-order valence-electron chi connectivity index (χ0n) is 41.4. The molecule has 0 rings (SSSR count). The van der Waals surface area contributed by atoms with Crippen molar-refractivity contribution in [2.75, 3.05) is 47.5 Å². The molecule has 2 atom stereocenters. The largest absolute Gasteiger partial charge is 0.472 e. The Morgan fingerprint density at radius 2 is 0.871 bits per heavy atom. The number of nitrogens with zero attached hydrogens (tertiary/aromatic N) is 1. The lowest BCUT2D eigenvalue weighted by Gasteiger charge is -2.24. The summed E-state index contributed by atoms with van der Waals surface area (Å²) >= 11 is 0. The lowest BCUT2D eigenvalue weighted by atomic mass is 10.0. The van der Waals surface area contributed by atoms with Crippen LogP contribution in [-0.4, -0.2) is 74.9 Å². The number of carbonyl (C=O) groups is 2. The van der Waals surface area contributed by atoms with Gasteiger partial charge in [0, 0.05) is 12.8 Å². The summed E-state index contributed by atoms with van der Waals surface area (Å²) in [6.07, 6.45) is 50.8.